The predicted molar refractivity (Wildman–Crippen MR) is 73.5 cm³/mol. The molecule has 118 valence electrons. The summed E-state index contributed by atoms with van der Waals surface area (Å²) in [7, 11) is 0. The van der Waals surface area contributed by atoms with Crippen LogP contribution in [0.4, 0.5) is 8.78 Å². The van der Waals surface area contributed by atoms with Gasteiger partial charge in [0.05, 0.1) is 11.7 Å². The van der Waals surface area contributed by atoms with Gasteiger partial charge < -0.3 is 15.2 Å². The van der Waals surface area contributed by atoms with Gasteiger partial charge in [-0.25, -0.2) is 13.8 Å². The molecule has 0 bridgehead atoms. The molecule has 1 unspecified atom stereocenters. The lowest BCUT2D eigenvalue weighted by molar-refractivity contribution is 0.0794. The standard InChI is InChI=1S/C14H20F2N2O3/c1-9(2)11(19)5-6-17-14(20)10-3-4-13(18-7-10)21-8-12(15)16/h3-4,7,9,11-12,19H,5-6,8H2,1-2H3,(H,17,20). The van der Waals surface area contributed by atoms with Gasteiger partial charge in [-0.15, -0.1) is 0 Å². The van der Waals surface area contributed by atoms with Gasteiger partial charge in [-0.1, -0.05) is 13.8 Å². The lowest BCUT2D eigenvalue weighted by Crippen LogP contribution is -2.28. The summed E-state index contributed by atoms with van der Waals surface area (Å²) in [6.07, 6.45) is -1.31. The Bertz CT molecular complexity index is 438. The Balaban J connectivity index is 2.41. The molecule has 1 aromatic heterocycles. The van der Waals surface area contributed by atoms with Gasteiger partial charge in [0.15, 0.2) is 6.61 Å². The number of amides is 1. The van der Waals surface area contributed by atoms with E-state index in [2.05, 4.69) is 10.3 Å². The molecule has 0 radical (unpaired) electrons. The fourth-order valence-corrected chi connectivity index (χ4v) is 1.52. The molecular weight excluding hydrogens is 282 g/mol. The number of hydrogen-bond donors (Lipinski definition) is 2. The average Bonchev–Trinajstić information content (AvgIpc) is 2.45. The number of pyridine rings is 1. The van der Waals surface area contributed by atoms with Crippen molar-refractivity contribution >= 4 is 5.91 Å². The minimum atomic E-state index is -2.57. The maximum absolute atomic E-state index is 12.0. The molecule has 1 heterocycles. The molecule has 5 nitrogen and oxygen atoms in total. The van der Waals surface area contributed by atoms with Crippen LogP contribution >= 0.6 is 0 Å². The van der Waals surface area contributed by atoms with Crippen LogP contribution in [0, 0.1) is 5.92 Å². The summed E-state index contributed by atoms with van der Waals surface area (Å²) in [5, 5.41) is 12.3. The highest BCUT2D eigenvalue weighted by molar-refractivity contribution is 5.93. The summed E-state index contributed by atoms with van der Waals surface area (Å²) >= 11 is 0. The number of nitrogens with one attached hydrogen (secondary N) is 1. The second-order valence-corrected chi connectivity index (χ2v) is 4.94. The van der Waals surface area contributed by atoms with Crippen LogP contribution in [0.5, 0.6) is 5.88 Å². The largest absolute Gasteiger partial charge is 0.472 e. The highest BCUT2D eigenvalue weighted by Crippen LogP contribution is 2.09. The molecule has 1 rings (SSSR count). The van der Waals surface area contributed by atoms with Gasteiger partial charge in [-0.2, -0.15) is 0 Å². The number of carbonyl (C=O) groups is 1. The lowest BCUT2D eigenvalue weighted by Gasteiger charge is -2.14. The van der Waals surface area contributed by atoms with Crippen LogP contribution in [-0.4, -0.2) is 41.7 Å². The van der Waals surface area contributed by atoms with Gasteiger partial charge in [0, 0.05) is 18.8 Å². The Morgan fingerprint density at radius 2 is 2.14 bits per heavy atom. The Morgan fingerprint density at radius 3 is 2.67 bits per heavy atom. The number of rotatable bonds is 8. The Labute approximate surface area is 122 Å². The number of aliphatic hydroxyl groups is 1. The smallest absolute Gasteiger partial charge is 0.272 e. The van der Waals surface area contributed by atoms with E-state index in [0.717, 1.165) is 0 Å². The molecule has 0 aliphatic rings. The third-order valence-corrected chi connectivity index (χ3v) is 2.85. The number of alkyl halides is 2. The number of carbonyl (C=O) groups excluding carboxylic acids is 1. The third kappa shape index (κ3) is 6.48. The van der Waals surface area contributed by atoms with Gasteiger partial charge >= 0.3 is 0 Å². The van der Waals surface area contributed by atoms with Gasteiger partial charge in [-0.3, -0.25) is 4.79 Å². The van der Waals surface area contributed by atoms with E-state index in [1.54, 1.807) is 0 Å². The van der Waals surface area contributed by atoms with E-state index in [1.165, 1.54) is 18.3 Å². The Hall–Kier alpha value is -1.76. The number of aliphatic hydroxyl groups excluding tert-OH is 1. The number of aromatic nitrogens is 1. The van der Waals surface area contributed by atoms with Crippen molar-refractivity contribution < 1.29 is 23.4 Å². The zero-order valence-corrected chi connectivity index (χ0v) is 12.1. The first-order valence-electron chi connectivity index (χ1n) is 6.73. The van der Waals surface area contributed by atoms with Crippen molar-refractivity contribution in [1.82, 2.24) is 10.3 Å². The fraction of sp³-hybridized carbons (Fsp3) is 0.571. The first-order valence-corrected chi connectivity index (χ1v) is 6.73. The van der Waals surface area contributed by atoms with Crippen molar-refractivity contribution in [3.05, 3.63) is 23.9 Å². The van der Waals surface area contributed by atoms with E-state index in [0.29, 0.717) is 18.5 Å². The monoisotopic (exact) mass is 302 g/mol. The molecule has 7 heteroatoms. The first-order chi connectivity index (χ1) is 9.90. The van der Waals surface area contributed by atoms with Crippen LogP contribution in [0.25, 0.3) is 0 Å². The van der Waals surface area contributed by atoms with Crippen LogP contribution in [0.15, 0.2) is 18.3 Å². The topological polar surface area (TPSA) is 71.5 Å². The van der Waals surface area contributed by atoms with E-state index in [4.69, 9.17) is 4.74 Å². The molecule has 0 saturated heterocycles. The summed E-state index contributed by atoms with van der Waals surface area (Å²) in [5.41, 5.74) is 0.304. The van der Waals surface area contributed by atoms with E-state index in [9.17, 15) is 18.7 Å². The first kappa shape index (κ1) is 17.3. The van der Waals surface area contributed by atoms with Crippen LogP contribution in [0.3, 0.4) is 0 Å². The fourth-order valence-electron chi connectivity index (χ4n) is 1.52. The maximum Gasteiger partial charge on any atom is 0.272 e. The average molecular weight is 302 g/mol. The molecule has 0 fully saturated rings. The van der Waals surface area contributed by atoms with E-state index < -0.39 is 19.1 Å². The molecule has 2 N–H and O–H groups in total. The lowest BCUT2D eigenvalue weighted by atomic mass is 10.0. The van der Waals surface area contributed by atoms with Crippen LogP contribution < -0.4 is 10.1 Å². The van der Waals surface area contributed by atoms with Gasteiger partial charge in [-0.05, 0) is 18.4 Å². The van der Waals surface area contributed by atoms with Crippen molar-refractivity contribution in [1.29, 1.82) is 0 Å². The Kier molecular flexibility index (Phi) is 7.01. The zero-order valence-electron chi connectivity index (χ0n) is 12.1. The molecule has 0 spiro atoms. The molecule has 0 saturated carbocycles. The summed E-state index contributed by atoms with van der Waals surface area (Å²) < 4.78 is 28.6. The summed E-state index contributed by atoms with van der Waals surface area (Å²) in [6, 6.07) is 2.81. The quantitative estimate of drug-likeness (QED) is 0.769. The zero-order chi connectivity index (χ0) is 15.8. The molecule has 0 aliphatic heterocycles. The number of ether oxygens (including phenoxy) is 1. The normalized spacial score (nSPS) is 12.5. The van der Waals surface area contributed by atoms with Gasteiger partial charge in [0.25, 0.3) is 12.3 Å². The van der Waals surface area contributed by atoms with E-state index >= 15 is 0 Å². The van der Waals surface area contributed by atoms with Crippen molar-refractivity contribution in [3.63, 3.8) is 0 Å². The van der Waals surface area contributed by atoms with Crippen molar-refractivity contribution in [2.75, 3.05) is 13.2 Å². The summed E-state index contributed by atoms with van der Waals surface area (Å²) in [6.45, 7) is 3.41. The van der Waals surface area contributed by atoms with Gasteiger partial charge in [0.1, 0.15) is 0 Å². The molecule has 1 atom stereocenters. The van der Waals surface area contributed by atoms with Crippen LogP contribution in [0.2, 0.25) is 0 Å². The molecular formula is C14H20F2N2O3. The maximum atomic E-state index is 12.0. The molecule has 1 amide bonds. The summed E-state index contributed by atoms with van der Waals surface area (Å²) in [5.74, 6) is -0.157. The molecule has 0 aromatic carbocycles. The highest BCUT2D eigenvalue weighted by atomic mass is 19.3. The minimum Gasteiger partial charge on any atom is -0.472 e. The van der Waals surface area contributed by atoms with Crippen LogP contribution in [0.1, 0.15) is 30.6 Å². The third-order valence-electron chi connectivity index (χ3n) is 2.85. The second-order valence-electron chi connectivity index (χ2n) is 4.94. The molecule has 1 aromatic rings. The van der Waals surface area contributed by atoms with E-state index in [-0.39, 0.29) is 17.7 Å². The van der Waals surface area contributed by atoms with Crippen LogP contribution in [-0.2, 0) is 0 Å². The SMILES string of the molecule is CC(C)C(O)CCNC(=O)c1ccc(OCC(F)F)nc1. The highest BCUT2D eigenvalue weighted by Gasteiger charge is 2.11. The summed E-state index contributed by atoms with van der Waals surface area (Å²) in [4.78, 5) is 15.6. The van der Waals surface area contributed by atoms with Crippen molar-refractivity contribution in [3.8, 4) is 5.88 Å². The molecule has 21 heavy (non-hydrogen) atoms. The number of hydrogen-bond acceptors (Lipinski definition) is 4. The Morgan fingerprint density at radius 1 is 1.43 bits per heavy atom. The molecule has 0 aliphatic carbocycles. The predicted octanol–water partition coefficient (Wildman–Crippen LogP) is 1.86. The van der Waals surface area contributed by atoms with Gasteiger partial charge in [0.2, 0.25) is 5.88 Å². The number of halogens is 2. The number of nitrogens with zero attached hydrogens (tertiary/aromatic N) is 1. The second kappa shape index (κ2) is 8.51. The van der Waals surface area contributed by atoms with Crippen molar-refractivity contribution in [2.24, 2.45) is 5.92 Å². The minimum absolute atomic E-state index is 0.0436. The van der Waals surface area contributed by atoms with Crippen molar-refractivity contribution in [2.45, 2.75) is 32.8 Å². The van der Waals surface area contributed by atoms with E-state index in [1.807, 2.05) is 13.8 Å².